The van der Waals surface area contributed by atoms with Gasteiger partial charge in [0.1, 0.15) is 17.1 Å². The quantitative estimate of drug-likeness (QED) is 0.530. The lowest BCUT2D eigenvalue weighted by molar-refractivity contribution is -0.137. The molecule has 2 unspecified atom stereocenters. The number of piperidine rings is 1. The lowest BCUT2D eigenvalue weighted by atomic mass is 9.92. The van der Waals surface area contributed by atoms with E-state index in [-0.39, 0.29) is 12.3 Å². The SMILES string of the molecule is CC1CC(C)CN(c2ccc3cccc(OCC(=O)Nc4cccc(C(F)(F)F)c4)c3n2)C1. The Morgan fingerprint density at radius 1 is 1.09 bits per heavy atom. The van der Waals surface area contributed by atoms with E-state index in [9.17, 15) is 18.0 Å². The van der Waals surface area contributed by atoms with Crippen LogP contribution in [-0.2, 0) is 11.0 Å². The lowest BCUT2D eigenvalue weighted by Crippen LogP contribution is -2.39. The maximum Gasteiger partial charge on any atom is 0.416 e. The van der Waals surface area contributed by atoms with Crippen LogP contribution in [0.1, 0.15) is 25.8 Å². The van der Waals surface area contributed by atoms with Gasteiger partial charge in [-0.25, -0.2) is 4.98 Å². The van der Waals surface area contributed by atoms with E-state index >= 15 is 0 Å². The number of para-hydroxylation sites is 1. The zero-order chi connectivity index (χ0) is 23.6. The molecule has 0 aliphatic carbocycles. The van der Waals surface area contributed by atoms with Crippen LogP contribution in [-0.4, -0.2) is 30.6 Å². The van der Waals surface area contributed by atoms with E-state index in [1.807, 2.05) is 24.3 Å². The van der Waals surface area contributed by atoms with Crippen LogP contribution in [0.25, 0.3) is 10.9 Å². The van der Waals surface area contributed by atoms with E-state index in [0.717, 1.165) is 36.4 Å². The molecule has 2 atom stereocenters. The summed E-state index contributed by atoms with van der Waals surface area (Å²) in [6, 6.07) is 13.9. The van der Waals surface area contributed by atoms with E-state index in [2.05, 4.69) is 24.1 Å². The third-order valence-electron chi connectivity index (χ3n) is 5.69. The molecule has 0 saturated carbocycles. The summed E-state index contributed by atoms with van der Waals surface area (Å²) in [5.74, 6) is 1.92. The van der Waals surface area contributed by atoms with Gasteiger partial charge < -0.3 is 15.0 Å². The number of fused-ring (bicyclic) bond motifs is 1. The highest BCUT2D eigenvalue weighted by Gasteiger charge is 2.30. The molecule has 0 spiro atoms. The molecule has 0 bridgehead atoms. The Kier molecular flexibility index (Phi) is 6.44. The number of nitrogens with zero attached hydrogens (tertiary/aromatic N) is 2. The number of carbonyl (C=O) groups excluding carboxylic acids is 1. The molecule has 1 N–H and O–H groups in total. The Balaban J connectivity index is 1.48. The van der Waals surface area contributed by atoms with Crippen LogP contribution in [0.2, 0.25) is 0 Å². The molecule has 5 nitrogen and oxygen atoms in total. The average molecular weight is 457 g/mol. The summed E-state index contributed by atoms with van der Waals surface area (Å²) in [4.78, 5) is 19.4. The first-order chi connectivity index (χ1) is 15.7. The summed E-state index contributed by atoms with van der Waals surface area (Å²) in [5, 5.41) is 3.34. The van der Waals surface area contributed by atoms with E-state index in [4.69, 9.17) is 9.72 Å². The zero-order valence-corrected chi connectivity index (χ0v) is 18.5. The number of amides is 1. The van der Waals surface area contributed by atoms with Crippen LogP contribution in [0, 0.1) is 11.8 Å². The van der Waals surface area contributed by atoms with Crippen molar-refractivity contribution in [2.45, 2.75) is 26.4 Å². The van der Waals surface area contributed by atoms with Gasteiger partial charge in [-0.05, 0) is 54.7 Å². The van der Waals surface area contributed by atoms with Crippen LogP contribution in [0.3, 0.4) is 0 Å². The number of benzene rings is 2. The molecule has 2 heterocycles. The standard InChI is InChI=1S/C25H26F3N3O2/c1-16-11-17(2)14-31(13-16)22-10-9-18-5-3-8-21(24(18)30-22)33-15-23(32)29-20-7-4-6-19(12-20)25(26,27)28/h3-10,12,16-17H,11,13-15H2,1-2H3,(H,29,32). The predicted molar refractivity (Wildman–Crippen MR) is 122 cm³/mol. The molecule has 8 heteroatoms. The van der Waals surface area contributed by atoms with Crippen LogP contribution in [0.5, 0.6) is 5.75 Å². The minimum atomic E-state index is -4.48. The van der Waals surface area contributed by atoms with Crippen LogP contribution >= 0.6 is 0 Å². The maximum atomic E-state index is 12.9. The first kappa shape index (κ1) is 22.9. The molecule has 0 radical (unpaired) electrons. The highest BCUT2D eigenvalue weighted by molar-refractivity contribution is 5.92. The minimum absolute atomic E-state index is 0.0603. The van der Waals surface area contributed by atoms with Crippen molar-refractivity contribution in [2.24, 2.45) is 11.8 Å². The maximum absolute atomic E-state index is 12.9. The highest BCUT2D eigenvalue weighted by Crippen LogP contribution is 2.31. The van der Waals surface area contributed by atoms with Gasteiger partial charge in [0.05, 0.1) is 5.56 Å². The van der Waals surface area contributed by atoms with Crippen molar-refractivity contribution >= 4 is 28.3 Å². The first-order valence-electron chi connectivity index (χ1n) is 10.9. The van der Waals surface area contributed by atoms with Gasteiger partial charge in [-0.15, -0.1) is 0 Å². The average Bonchev–Trinajstić information content (AvgIpc) is 2.76. The lowest BCUT2D eigenvalue weighted by Gasteiger charge is -2.35. The number of carbonyl (C=O) groups is 1. The molecule has 2 aromatic carbocycles. The molecule has 1 aliphatic heterocycles. The number of nitrogens with one attached hydrogen (secondary N) is 1. The number of halogens is 3. The largest absolute Gasteiger partial charge is 0.481 e. The van der Waals surface area contributed by atoms with Crippen molar-refractivity contribution in [1.82, 2.24) is 4.98 Å². The van der Waals surface area contributed by atoms with Crippen LogP contribution in [0.4, 0.5) is 24.7 Å². The number of anilines is 2. The summed E-state index contributed by atoms with van der Waals surface area (Å²) in [6.07, 6.45) is -3.28. The van der Waals surface area contributed by atoms with Gasteiger partial charge in [-0.3, -0.25) is 4.79 Å². The topological polar surface area (TPSA) is 54.5 Å². The fourth-order valence-electron chi connectivity index (χ4n) is 4.37. The molecule has 1 amide bonds. The Labute approximate surface area is 190 Å². The number of hydrogen-bond donors (Lipinski definition) is 1. The highest BCUT2D eigenvalue weighted by atomic mass is 19.4. The van der Waals surface area contributed by atoms with Gasteiger partial charge >= 0.3 is 6.18 Å². The monoisotopic (exact) mass is 457 g/mol. The number of rotatable bonds is 5. The Morgan fingerprint density at radius 3 is 2.55 bits per heavy atom. The van der Waals surface area contributed by atoms with Gasteiger partial charge in [-0.2, -0.15) is 13.2 Å². The second-order valence-electron chi connectivity index (χ2n) is 8.76. The second-order valence-corrected chi connectivity index (χ2v) is 8.76. The molecule has 4 rings (SSSR count). The van der Waals surface area contributed by atoms with E-state index in [1.165, 1.54) is 18.6 Å². The molecule has 1 fully saturated rings. The zero-order valence-electron chi connectivity index (χ0n) is 18.5. The number of alkyl halides is 3. The predicted octanol–water partition coefficient (Wildman–Crippen LogP) is 5.75. The molecule has 3 aromatic rings. The summed E-state index contributed by atoms with van der Waals surface area (Å²) >= 11 is 0. The molecule has 1 saturated heterocycles. The molecule has 174 valence electrons. The number of ether oxygens (including phenoxy) is 1. The molecular weight excluding hydrogens is 431 g/mol. The molecule has 1 aromatic heterocycles. The fraction of sp³-hybridized carbons (Fsp3) is 0.360. The third kappa shape index (κ3) is 5.56. The number of hydrogen-bond acceptors (Lipinski definition) is 4. The summed E-state index contributed by atoms with van der Waals surface area (Å²) in [7, 11) is 0. The van der Waals surface area contributed by atoms with E-state index in [1.54, 1.807) is 6.07 Å². The summed E-state index contributed by atoms with van der Waals surface area (Å²) in [6.45, 7) is 6.00. The van der Waals surface area contributed by atoms with Crippen molar-refractivity contribution in [1.29, 1.82) is 0 Å². The van der Waals surface area contributed by atoms with E-state index < -0.39 is 17.6 Å². The van der Waals surface area contributed by atoms with Gasteiger partial charge in [0.25, 0.3) is 5.91 Å². The van der Waals surface area contributed by atoms with Crippen molar-refractivity contribution in [3.05, 3.63) is 60.2 Å². The van der Waals surface area contributed by atoms with Crippen molar-refractivity contribution in [2.75, 3.05) is 29.9 Å². The fourth-order valence-corrected chi connectivity index (χ4v) is 4.37. The summed E-state index contributed by atoms with van der Waals surface area (Å²) < 4.78 is 44.4. The molecule has 33 heavy (non-hydrogen) atoms. The number of aromatic nitrogens is 1. The third-order valence-corrected chi connectivity index (χ3v) is 5.69. The van der Waals surface area contributed by atoms with Gasteiger partial charge in [0.2, 0.25) is 0 Å². The van der Waals surface area contributed by atoms with Crippen molar-refractivity contribution in [3.63, 3.8) is 0 Å². The Morgan fingerprint density at radius 2 is 1.82 bits per heavy atom. The summed E-state index contributed by atoms with van der Waals surface area (Å²) in [5.41, 5.74) is -0.119. The first-order valence-corrected chi connectivity index (χ1v) is 10.9. The van der Waals surface area contributed by atoms with E-state index in [0.29, 0.717) is 23.1 Å². The van der Waals surface area contributed by atoms with Gasteiger partial charge in [-0.1, -0.05) is 32.0 Å². The van der Waals surface area contributed by atoms with Crippen molar-refractivity contribution in [3.8, 4) is 5.75 Å². The van der Waals surface area contributed by atoms with Crippen molar-refractivity contribution < 1.29 is 22.7 Å². The number of pyridine rings is 1. The van der Waals surface area contributed by atoms with Gasteiger partial charge in [0.15, 0.2) is 6.61 Å². The second kappa shape index (κ2) is 9.29. The molecule has 1 aliphatic rings. The normalized spacial score (nSPS) is 18.9. The van der Waals surface area contributed by atoms with Crippen LogP contribution < -0.4 is 15.0 Å². The Hall–Kier alpha value is -3.29. The smallest absolute Gasteiger partial charge is 0.416 e. The van der Waals surface area contributed by atoms with Gasteiger partial charge in [0, 0.05) is 24.2 Å². The molecular formula is C25H26F3N3O2. The minimum Gasteiger partial charge on any atom is -0.481 e. The van der Waals surface area contributed by atoms with Crippen LogP contribution in [0.15, 0.2) is 54.6 Å². The Bertz CT molecular complexity index is 1140.